The molecule has 1 aliphatic rings. The number of carboxylic acid groups (broad SMARTS) is 1. The standard InChI is InChI=1S/C14H13FO3S/c15-10-5-2-6-11-12(10)9(13(19-11)14(16)17)7-18-8-3-1-4-8/h2,5-6,8H,1,3-4,7H2,(H,16,17). The summed E-state index contributed by atoms with van der Waals surface area (Å²) in [5.74, 6) is -1.40. The van der Waals surface area contributed by atoms with Gasteiger partial charge in [-0.25, -0.2) is 9.18 Å². The highest BCUT2D eigenvalue weighted by Crippen LogP contribution is 2.35. The third-order valence-electron chi connectivity index (χ3n) is 3.47. The van der Waals surface area contributed by atoms with Gasteiger partial charge in [0.15, 0.2) is 0 Å². The summed E-state index contributed by atoms with van der Waals surface area (Å²) in [5.41, 5.74) is 0.470. The van der Waals surface area contributed by atoms with E-state index in [2.05, 4.69) is 0 Å². The molecule has 1 aromatic heterocycles. The molecule has 1 N–H and O–H groups in total. The van der Waals surface area contributed by atoms with E-state index >= 15 is 0 Å². The first kappa shape index (κ1) is 12.6. The molecule has 0 atom stereocenters. The van der Waals surface area contributed by atoms with E-state index in [4.69, 9.17) is 4.74 Å². The number of fused-ring (bicyclic) bond motifs is 1. The van der Waals surface area contributed by atoms with Crippen LogP contribution in [0.5, 0.6) is 0 Å². The molecule has 0 bridgehead atoms. The first-order chi connectivity index (χ1) is 9.16. The smallest absolute Gasteiger partial charge is 0.346 e. The SMILES string of the molecule is O=C(O)c1sc2cccc(F)c2c1COC1CCC1. The molecule has 19 heavy (non-hydrogen) atoms. The predicted octanol–water partition coefficient (Wildman–Crippen LogP) is 3.81. The van der Waals surface area contributed by atoms with Crippen molar-refractivity contribution in [1.29, 1.82) is 0 Å². The lowest BCUT2D eigenvalue weighted by Crippen LogP contribution is -2.21. The molecular formula is C14H13FO3S. The van der Waals surface area contributed by atoms with Gasteiger partial charge in [0.2, 0.25) is 0 Å². The number of carbonyl (C=O) groups is 1. The molecule has 1 aromatic carbocycles. The van der Waals surface area contributed by atoms with Crippen LogP contribution in [0.25, 0.3) is 10.1 Å². The lowest BCUT2D eigenvalue weighted by molar-refractivity contribution is -0.00849. The van der Waals surface area contributed by atoms with E-state index in [9.17, 15) is 14.3 Å². The molecular weight excluding hydrogens is 267 g/mol. The molecule has 0 amide bonds. The van der Waals surface area contributed by atoms with Crippen LogP contribution in [0.15, 0.2) is 18.2 Å². The van der Waals surface area contributed by atoms with Gasteiger partial charge in [-0.3, -0.25) is 0 Å². The van der Waals surface area contributed by atoms with Crippen molar-refractivity contribution in [2.24, 2.45) is 0 Å². The number of halogens is 1. The number of rotatable bonds is 4. The van der Waals surface area contributed by atoms with Crippen LogP contribution in [0.1, 0.15) is 34.5 Å². The van der Waals surface area contributed by atoms with Crippen molar-refractivity contribution in [2.45, 2.75) is 32.0 Å². The average Bonchev–Trinajstić information content (AvgIpc) is 2.68. The van der Waals surface area contributed by atoms with Gasteiger partial charge < -0.3 is 9.84 Å². The monoisotopic (exact) mass is 280 g/mol. The summed E-state index contributed by atoms with van der Waals surface area (Å²) in [7, 11) is 0. The molecule has 0 spiro atoms. The Bertz CT molecular complexity index is 631. The van der Waals surface area contributed by atoms with Crippen molar-refractivity contribution in [3.8, 4) is 0 Å². The Balaban J connectivity index is 2.02. The van der Waals surface area contributed by atoms with E-state index in [1.807, 2.05) is 0 Å². The maximum Gasteiger partial charge on any atom is 0.346 e. The average molecular weight is 280 g/mol. The molecule has 0 aliphatic heterocycles. The predicted molar refractivity (Wildman–Crippen MR) is 71.2 cm³/mol. The van der Waals surface area contributed by atoms with Crippen LogP contribution in [-0.4, -0.2) is 17.2 Å². The van der Waals surface area contributed by atoms with Crippen molar-refractivity contribution < 1.29 is 19.0 Å². The number of thiophene rings is 1. The Kier molecular flexibility index (Phi) is 3.24. The molecule has 1 saturated carbocycles. The van der Waals surface area contributed by atoms with E-state index in [1.54, 1.807) is 12.1 Å². The Morgan fingerprint density at radius 2 is 2.26 bits per heavy atom. The first-order valence-electron chi connectivity index (χ1n) is 6.21. The van der Waals surface area contributed by atoms with Gasteiger partial charge in [-0.1, -0.05) is 6.07 Å². The van der Waals surface area contributed by atoms with Crippen LogP contribution in [-0.2, 0) is 11.3 Å². The lowest BCUT2D eigenvalue weighted by atomic mass is 9.96. The molecule has 100 valence electrons. The summed E-state index contributed by atoms with van der Waals surface area (Å²) < 4.78 is 20.2. The molecule has 0 radical (unpaired) electrons. The van der Waals surface area contributed by atoms with E-state index < -0.39 is 5.97 Å². The van der Waals surface area contributed by atoms with Crippen LogP contribution in [0, 0.1) is 5.82 Å². The molecule has 1 aliphatic carbocycles. The van der Waals surface area contributed by atoms with Gasteiger partial charge in [-0.2, -0.15) is 0 Å². The summed E-state index contributed by atoms with van der Waals surface area (Å²) in [6, 6.07) is 4.69. The van der Waals surface area contributed by atoms with Gasteiger partial charge in [0.25, 0.3) is 0 Å². The highest BCUT2D eigenvalue weighted by molar-refractivity contribution is 7.21. The van der Waals surface area contributed by atoms with Crippen LogP contribution in [0.4, 0.5) is 4.39 Å². The third kappa shape index (κ3) is 2.24. The van der Waals surface area contributed by atoms with E-state index in [0.717, 1.165) is 30.6 Å². The minimum absolute atomic E-state index is 0.174. The zero-order chi connectivity index (χ0) is 13.4. The van der Waals surface area contributed by atoms with Gasteiger partial charge in [0.05, 0.1) is 12.7 Å². The lowest BCUT2D eigenvalue weighted by Gasteiger charge is -2.25. The van der Waals surface area contributed by atoms with E-state index in [1.165, 1.54) is 6.07 Å². The van der Waals surface area contributed by atoms with Crippen LogP contribution in [0.3, 0.4) is 0 Å². The molecule has 3 nitrogen and oxygen atoms in total. The van der Waals surface area contributed by atoms with Crippen LogP contribution >= 0.6 is 11.3 Å². The van der Waals surface area contributed by atoms with Crippen LogP contribution < -0.4 is 0 Å². The maximum atomic E-state index is 13.9. The van der Waals surface area contributed by atoms with Crippen molar-refractivity contribution in [3.63, 3.8) is 0 Å². The summed E-state index contributed by atoms with van der Waals surface area (Å²) in [4.78, 5) is 11.4. The Morgan fingerprint density at radius 3 is 2.89 bits per heavy atom. The Hall–Kier alpha value is -1.46. The second kappa shape index (κ2) is 4.90. The molecule has 3 rings (SSSR count). The number of carboxylic acids is 1. The highest BCUT2D eigenvalue weighted by atomic mass is 32.1. The maximum absolute atomic E-state index is 13.9. The summed E-state index contributed by atoms with van der Waals surface area (Å²) in [5, 5.41) is 9.62. The largest absolute Gasteiger partial charge is 0.477 e. The minimum Gasteiger partial charge on any atom is -0.477 e. The summed E-state index contributed by atoms with van der Waals surface area (Å²) in [6.07, 6.45) is 3.36. The molecule has 0 saturated heterocycles. The quantitative estimate of drug-likeness (QED) is 0.926. The van der Waals surface area contributed by atoms with Crippen molar-refractivity contribution in [3.05, 3.63) is 34.5 Å². The van der Waals surface area contributed by atoms with Gasteiger partial charge in [-0.05, 0) is 31.4 Å². The second-order valence-electron chi connectivity index (χ2n) is 4.69. The van der Waals surface area contributed by atoms with Gasteiger partial charge >= 0.3 is 5.97 Å². The molecule has 2 aromatic rings. The Morgan fingerprint density at radius 1 is 1.47 bits per heavy atom. The molecule has 1 heterocycles. The van der Waals surface area contributed by atoms with Crippen molar-refractivity contribution in [1.82, 2.24) is 0 Å². The fraction of sp³-hybridized carbons (Fsp3) is 0.357. The summed E-state index contributed by atoms with van der Waals surface area (Å²) >= 11 is 1.10. The van der Waals surface area contributed by atoms with Gasteiger partial charge in [-0.15, -0.1) is 11.3 Å². The number of hydrogen-bond donors (Lipinski definition) is 1. The van der Waals surface area contributed by atoms with Crippen LogP contribution in [0.2, 0.25) is 0 Å². The van der Waals surface area contributed by atoms with Crippen molar-refractivity contribution >= 4 is 27.4 Å². The Labute approximate surface area is 113 Å². The summed E-state index contributed by atoms with van der Waals surface area (Å²) in [6.45, 7) is 0.174. The second-order valence-corrected chi connectivity index (χ2v) is 5.74. The number of aromatic carboxylic acids is 1. The van der Waals surface area contributed by atoms with Crippen molar-refractivity contribution in [2.75, 3.05) is 0 Å². The first-order valence-corrected chi connectivity index (χ1v) is 7.03. The van der Waals surface area contributed by atoms with Gasteiger partial charge in [0.1, 0.15) is 10.7 Å². The van der Waals surface area contributed by atoms with E-state index in [0.29, 0.717) is 15.6 Å². The number of benzene rings is 1. The normalized spacial score (nSPS) is 15.6. The highest BCUT2D eigenvalue weighted by Gasteiger charge is 2.23. The molecule has 0 unspecified atom stereocenters. The number of hydrogen-bond acceptors (Lipinski definition) is 3. The fourth-order valence-corrected chi connectivity index (χ4v) is 3.28. The zero-order valence-corrected chi connectivity index (χ0v) is 11.0. The minimum atomic E-state index is -1.02. The molecule has 1 fully saturated rings. The zero-order valence-electron chi connectivity index (χ0n) is 10.2. The van der Waals surface area contributed by atoms with Gasteiger partial charge in [0, 0.05) is 15.6 Å². The molecule has 5 heteroatoms. The fourth-order valence-electron chi connectivity index (χ4n) is 2.22. The number of ether oxygens (including phenoxy) is 1. The topological polar surface area (TPSA) is 46.5 Å². The van der Waals surface area contributed by atoms with E-state index in [-0.39, 0.29) is 23.4 Å². The third-order valence-corrected chi connectivity index (χ3v) is 4.66.